The molecule has 2 fully saturated rings. The number of hydrogen-bond acceptors (Lipinski definition) is 4. The van der Waals surface area contributed by atoms with Crippen molar-refractivity contribution in [3.63, 3.8) is 0 Å². The number of anilines is 1. The number of piperidine rings is 1. The highest BCUT2D eigenvalue weighted by molar-refractivity contribution is 6.33. The molecule has 102 valence electrons. The van der Waals surface area contributed by atoms with E-state index in [9.17, 15) is 15.2 Å². The van der Waals surface area contributed by atoms with Crippen LogP contribution in [0.5, 0.6) is 0 Å². The summed E-state index contributed by atoms with van der Waals surface area (Å²) in [6, 6.07) is 5.22. The number of aliphatic hydroxyl groups is 1. The van der Waals surface area contributed by atoms with Crippen molar-refractivity contribution in [1.82, 2.24) is 0 Å². The highest BCUT2D eigenvalue weighted by Crippen LogP contribution is 2.42. The fourth-order valence-electron chi connectivity index (χ4n) is 3.36. The van der Waals surface area contributed by atoms with Crippen molar-refractivity contribution in [3.05, 3.63) is 33.3 Å². The summed E-state index contributed by atoms with van der Waals surface area (Å²) in [5.41, 5.74) is 0.866. The fraction of sp³-hybridized carbons (Fsp3) is 0.538. The Labute approximate surface area is 115 Å². The van der Waals surface area contributed by atoms with Crippen LogP contribution in [0.25, 0.3) is 0 Å². The molecule has 0 aromatic heterocycles. The van der Waals surface area contributed by atoms with Gasteiger partial charge >= 0.3 is 0 Å². The molecule has 0 saturated carbocycles. The van der Waals surface area contributed by atoms with Crippen molar-refractivity contribution < 1.29 is 10.0 Å². The molecule has 0 radical (unpaired) electrons. The zero-order valence-corrected chi connectivity index (χ0v) is 11.1. The van der Waals surface area contributed by atoms with Crippen LogP contribution in [0.2, 0.25) is 5.02 Å². The first-order valence-electron chi connectivity index (χ1n) is 6.46. The highest BCUT2D eigenvalue weighted by Gasteiger charge is 2.41. The highest BCUT2D eigenvalue weighted by atomic mass is 35.5. The monoisotopic (exact) mass is 282 g/mol. The molecule has 3 rings (SSSR count). The third kappa shape index (κ3) is 2.17. The van der Waals surface area contributed by atoms with Crippen molar-refractivity contribution in [2.75, 3.05) is 4.90 Å². The van der Waals surface area contributed by atoms with Gasteiger partial charge in [0.15, 0.2) is 0 Å². The molecule has 19 heavy (non-hydrogen) atoms. The number of nitro groups is 1. The van der Waals surface area contributed by atoms with Gasteiger partial charge in [-0.25, -0.2) is 0 Å². The minimum atomic E-state index is -0.440. The van der Waals surface area contributed by atoms with E-state index in [4.69, 9.17) is 11.6 Å². The smallest absolute Gasteiger partial charge is 0.271 e. The maximum absolute atomic E-state index is 10.7. The first-order chi connectivity index (χ1) is 9.06. The van der Waals surface area contributed by atoms with Gasteiger partial charge in [0, 0.05) is 24.2 Å². The number of benzene rings is 1. The van der Waals surface area contributed by atoms with E-state index < -0.39 is 4.92 Å². The summed E-state index contributed by atoms with van der Waals surface area (Å²) in [5.74, 6) is 0. The van der Waals surface area contributed by atoms with Crippen LogP contribution >= 0.6 is 11.6 Å². The molecular weight excluding hydrogens is 268 g/mol. The maximum Gasteiger partial charge on any atom is 0.271 e. The van der Waals surface area contributed by atoms with Crippen LogP contribution in [0.4, 0.5) is 11.4 Å². The number of nitro benzene ring substituents is 1. The number of halogens is 1. The summed E-state index contributed by atoms with van der Waals surface area (Å²) in [6.45, 7) is 0. The first kappa shape index (κ1) is 12.7. The molecule has 1 N–H and O–H groups in total. The first-order valence-corrected chi connectivity index (χ1v) is 6.84. The van der Waals surface area contributed by atoms with E-state index in [1.54, 1.807) is 6.07 Å². The van der Waals surface area contributed by atoms with Crippen LogP contribution in [0.3, 0.4) is 0 Å². The number of non-ortho nitro benzene ring substituents is 1. The van der Waals surface area contributed by atoms with E-state index in [0.29, 0.717) is 17.1 Å². The van der Waals surface area contributed by atoms with E-state index in [2.05, 4.69) is 4.90 Å². The molecule has 2 aliphatic heterocycles. The summed E-state index contributed by atoms with van der Waals surface area (Å²) >= 11 is 6.19. The van der Waals surface area contributed by atoms with Gasteiger partial charge in [-0.1, -0.05) is 11.6 Å². The lowest BCUT2D eigenvalue weighted by molar-refractivity contribution is -0.384. The third-order valence-electron chi connectivity index (χ3n) is 4.13. The normalized spacial score (nSPS) is 29.6. The SMILES string of the molecule is O=[N+]([O-])c1ccc(N2C3CCC2CC(O)C3)c(Cl)c1. The maximum atomic E-state index is 10.7. The van der Waals surface area contributed by atoms with Crippen LogP contribution in [0.1, 0.15) is 25.7 Å². The minimum absolute atomic E-state index is 0.0122. The fourth-order valence-corrected chi connectivity index (χ4v) is 3.63. The number of nitrogens with zero attached hydrogens (tertiary/aromatic N) is 2. The minimum Gasteiger partial charge on any atom is -0.393 e. The van der Waals surface area contributed by atoms with Gasteiger partial charge in [-0.2, -0.15) is 0 Å². The molecule has 2 unspecified atom stereocenters. The largest absolute Gasteiger partial charge is 0.393 e. The molecule has 0 amide bonds. The molecule has 0 spiro atoms. The van der Waals surface area contributed by atoms with E-state index >= 15 is 0 Å². The molecule has 2 heterocycles. The van der Waals surface area contributed by atoms with Crippen LogP contribution in [0.15, 0.2) is 18.2 Å². The molecule has 1 aromatic carbocycles. The summed E-state index contributed by atoms with van der Waals surface area (Å²) < 4.78 is 0. The van der Waals surface area contributed by atoms with E-state index in [1.807, 2.05) is 0 Å². The summed E-state index contributed by atoms with van der Waals surface area (Å²) in [4.78, 5) is 12.5. The Morgan fingerprint density at radius 1 is 1.32 bits per heavy atom. The van der Waals surface area contributed by atoms with Gasteiger partial charge in [0.1, 0.15) is 0 Å². The Bertz CT molecular complexity index is 509. The molecule has 0 aliphatic carbocycles. The summed E-state index contributed by atoms with van der Waals surface area (Å²) in [6.07, 6.45) is 3.38. The summed E-state index contributed by atoms with van der Waals surface area (Å²) in [7, 11) is 0. The van der Waals surface area contributed by atoms with Gasteiger partial charge in [0.25, 0.3) is 5.69 Å². The lowest BCUT2D eigenvalue weighted by Crippen LogP contribution is -2.44. The second kappa shape index (κ2) is 4.65. The lowest BCUT2D eigenvalue weighted by atomic mass is 9.99. The van der Waals surface area contributed by atoms with Gasteiger partial charge < -0.3 is 10.0 Å². The second-order valence-electron chi connectivity index (χ2n) is 5.31. The van der Waals surface area contributed by atoms with Gasteiger partial charge in [-0.05, 0) is 31.7 Å². The Kier molecular flexibility index (Phi) is 3.11. The van der Waals surface area contributed by atoms with Crippen LogP contribution < -0.4 is 4.90 Å². The van der Waals surface area contributed by atoms with Gasteiger partial charge in [-0.15, -0.1) is 0 Å². The Morgan fingerprint density at radius 2 is 1.95 bits per heavy atom. The standard InChI is InChI=1S/C13H15ClN2O3/c14-12-7-10(16(18)19)3-4-13(12)15-8-1-2-9(15)6-11(17)5-8/h3-4,7-9,11,17H,1-2,5-6H2. The predicted molar refractivity (Wildman–Crippen MR) is 72.6 cm³/mol. The van der Waals surface area contributed by atoms with Gasteiger partial charge in [0.05, 0.1) is 21.7 Å². The number of rotatable bonds is 2. The Hall–Kier alpha value is -1.33. The molecule has 5 nitrogen and oxygen atoms in total. The van der Waals surface area contributed by atoms with E-state index in [0.717, 1.165) is 31.4 Å². The number of fused-ring (bicyclic) bond motifs is 2. The second-order valence-corrected chi connectivity index (χ2v) is 5.72. The van der Waals surface area contributed by atoms with E-state index in [-0.39, 0.29) is 11.8 Å². The summed E-state index contributed by atoms with van der Waals surface area (Å²) in [5, 5.41) is 20.9. The van der Waals surface area contributed by atoms with Gasteiger partial charge in [0.2, 0.25) is 0 Å². The molecule has 2 bridgehead atoms. The molecule has 2 aliphatic rings. The predicted octanol–water partition coefficient (Wildman–Crippen LogP) is 2.74. The number of aliphatic hydroxyl groups excluding tert-OH is 1. The van der Waals surface area contributed by atoms with Crippen molar-refractivity contribution in [1.29, 1.82) is 0 Å². The average Bonchev–Trinajstić information content (AvgIpc) is 2.62. The molecule has 2 atom stereocenters. The van der Waals surface area contributed by atoms with Crippen molar-refractivity contribution >= 4 is 23.0 Å². The topological polar surface area (TPSA) is 66.6 Å². The zero-order chi connectivity index (χ0) is 13.6. The van der Waals surface area contributed by atoms with Crippen LogP contribution in [0, 0.1) is 10.1 Å². The average molecular weight is 283 g/mol. The Morgan fingerprint density at radius 3 is 2.47 bits per heavy atom. The molecule has 1 aromatic rings. The van der Waals surface area contributed by atoms with Crippen LogP contribution in [-0.2, 0) is 0 Å². The van der Waals surface area contributed by atoms with E-state index in [1.165, 1.54) is 12.1 Å². The van der Waals surface area contributed by atoms with Crippen molar-refractivity contribution in [2.45, 2.75) is 43.9 Å². The van der Waals surface area contributed by atoms with Gasteiger partial charge in [-0.3, -0.25) is 10.1 Å². The molecule has 2 saturated heterocycles. The number of hydrogen-bond donors (Lipinski definition) is 1. The quantitative estimate of drug-likeness (QED) is 0.669. The van der Waals surface area contributed by atoms with Crippen LogP contribution in [-0.4, -0.2) is 28.2 Å². The third-order valence-corrected chi connectivity index (χ3v) is 4.43. The Balaban J connectivity index is 1.93. The van der Waals surface area contributed by atoms with Crippen molar-refractivity contribution in [2.24, 2.45) is 0 Å². The van der Waals surface area contributed by atoms with Crippen molar-refractivity contribution in [3.8, 4) is 0 Å². The molecular formula is C13H15ClN2O3. The lowest BCUT2D eigenvalue weighted by Gasteiger charge is -2.39. The zero-order valence-electron chi connectivity index (χ0n) is 10.3. The molecule has 6 heteroatoms.